The molecule has 0 aliphatic carbocycles. The van der Waals surface area contributed by atoms with Gasteiger partial charge in [-0.3, -0.25) is 4.98 Å². The molecule has 0 saturated carbocycles. The highest BCUT2D eigenvalue weighted by Gasteiger charge is 2.14. The summed E-state index contributed by atoms with van der Waals surface area (Å²) in [6.45, 7) is 4.07. The molecule has 0 radical (unpaired) electrons. The summed E-state index contributed by atoms with van der Waals surface area (Å²) in [5.74, 6) is 1.69. The van der Waals surface area contributed by atoms with Crippen molar-refractivity contribution >= 4 is 16.6 Å². The van der Waals surface area contributed by atoms with Gasteiger partial charge in [0, 0.05) is 11.6 Å². The van der Waals surface area contributed by atoms with E-state index in [4.69, 9.17) is 15.2 Å². The highest BCUT2D eigenvalue weighted by molar-refractivity contribution is 5.84. The molecule has 2 N–H and O–H groups in total. The lowest BCUT2D eigenvalue weighted by Crippen LogP contribution is -2.01. The Morgan fingerprint density at radius 1 is 0.815 bits per heavy atom. The second-order valence-electron chi connectivity index (χ2n) is 6.18. The summed E-state index contributed by atoms with van der Waals surface area (Å²) in [5.41, 5.74) is 9.46. The normalized spacial score (nSPS) is 10.7. The van der Waals surface area contributed by atoms with Crippen LogP contribution in [-0.2, 0) is 0 Å². The van der Waals surface area contributed by atoms with Crippen LogP contribution in [0.4, 0.5) is 5.69 Å². The molecule has 0 aliphatic heterocycles. The summed E-state index contributed by atoms with van der Waals surface area (Å²) in [6, 6.07) is 15.3. The minimum absolute atomic E-state index is 0.224. The van der Waals surface area contributed by atoms with Crippen LogP contribution in [0.3, 0.4) is 0 Å². The summed E-state index contributed by atoms with van der Waals surface area (Å²) < 4.78 is 11.8. The second kappa shape index (κ2) is 6.92. The fourth-order valence-corrected chi connectivity index (χ4v) is 2.68. The van der Waals surface area contributed by atoms with Crippen molar-refractivity contribution in [3.8, 4) is 23.3 Å². The Kier molecular flexibility index (Phi) is 4.30. The molecule has 4 aromatic rings. The zero-order chi connectivity index (χ0) is 18.8. The van der Waals surface area contributed by atoms with Gasteiger partial charge in [0.15, 0.2) is 11.4 Å². The molecule has 0 atom stereocenters. The SMILES string of the molecule is Cc1ccc(Oc2ncnc(Oc3cccc4cccnc34)c2N)cc1C. The van der Waals surface area contributed by atoms with Gasteiger partial charge in [0.25, 0.3) is 0 Å². The largest absolute Gasteiger partial charge is 0.437 e. The van der Waals surface area contributed by atoms with Gasteiger partial charge in [0.1, 0.15) is 17.6 Å². The molecule has 2 aromatic heterocycles. The van der Waals surface area contributed by atoms with E-state index in [9.17, 15) is 0 Å². The molecule has 2 heterocycles. The van der Waals surface area contributed by atoms with Crippen molar-refractivity contribution in [3.63, 3.8) is 0 Å². The number of anilines is 1. The Bertz CT molecular complexity index is 1120. The zero-order valence-electron chi connectivity index (χ0n) is 15.0. The van der Waals surface area contributed by atoms with Crippen molar-refractivity contribution in [2.75, 3.05) is 5.73 Å². The standard InChI is InChI=1S/C21H18N4O2/c1-13-8-9-16(11-14(13)2)26-20-18(22)21(25-12-24-20)27-17-7-3-5-15-6-4-10-23-19(15)17/h3-12H,22H2,1-2H3. The van der Waals surface area contributed by atoms with E-state index in [-0.39, 0.29) is 17.4 Å². The number of hydrogen-bond donors (Lipinski definition) is 1. The van der Waals surface area contributed by atoms with Crippen LogP contribution in [0.1, 0.15) is 11.1 Å². The smallest absolute Gasteiger partial charge is 0.249 e. The van der Waals surface area contributed by atoms with Crippen LogP contribution in [0.25, 0.3) is 10.9 Å². The third-order valence-electron chi connectivity index (χ3n) is 4.31. The number of aromatic nitrogens is 3. The van der Waals surface area contributed by atoms with Gasteiger partial charge in [-0.1, -0.05) is 24.3 Å². The van der Waals surface area contributed by atoms with Crippen LogP contribution in [0.2, 0.25) is 0 Å². The maximum Gasteiger partial charge on any atom is 0.249 e. The Balaban J connectivity index is 1.66. The van der Waals surface area contributed by atoms with E-state index in [2.05, 4.69) is 15.0 Å². The summed E-state index contributed by atoms with van der Waals surface area (Å²) in [7, 11) is 0. The highest BCUT2D eigenvalue weighted by atomic mass is 16.5. The van der Waals surface area contributed by atoms with Crippen molar-refractivity contribution in [2.45, 2.75) is 13.8 Å². The Hall–Kier alpha value is -3.67. The van der Waals surface area contributed by atoms with Gasteiger partial charge in [0.05, 0.1) is 0 Å². The number of nitrogen functional groups attached to an aromatic ring is 1. The van der Waals surface area contributed by atoms with Gasteiger partial charge in [-0.15, -0.1) is 0 Å². The van der Waals surface area contributed by atoms with Crippen molar-refractivity contribution in [2.24, 2.45) is 0 Å². The number of hydrogen-bond acceptors (Lipinski definition) is 6. The lowest BCUT2D eigenvalue weighted by Gasteiger charge is -2.12. The molecule has 0 fully saturated rings. The molecular formula is C21H18N4O2. The molecule has 4 rings (SSSR count). The first-order valence-electron chi connectivity index (χ1n) is 8.49. The summed E-state index contributed by atoms with van der Waals surface area (Å²) in [5, 5.41) is 0.967. The maximum absolute atomic E-state index is 6.20. The van der Waals surface area contributed by atoms with E-state index >= 15 is 0 Å². The molecule has 0 spiro atoms. The number of rotatable bonds is 4. The monoisotopic (exact) mass is 358 g/mol. The van der Waals surface area contributed by atoms with Gasteiger partial charge in [-0.2, -0.15) is 9.97 Å². The number of benzene rings is 2. The molecule has 27 heavy (non-hydrogen) atoms. The number of pyridine rings is 1. The molecule has 6 heteroatoms. The van der Waals surface area contributed by atoms with Crippen LogP contribution in [0.15, 0.2) is 61.1 Å². The van der Waals surface area contributed by atoms with Crippen LogP contribution in [0.5, 0.6) is 23.3 Å². The molecule has 0 amide bonds. The lowest BCUT2D eigenvalue weighted by atomic mass is 10.1. The predicted octanol–water partition coefficient (Wildman–Crippen LogP) is 4.81. The van der Waals surface area contributed by atoms with Crippen molar-refractivity contribution in [1.29, 1.82) is 0 Å². The maximum atomic E-state index is 6.20. The minimum Gasteiger partial charge on any atom is -0.437 e. The highest BCUT2D eigenvalue weighted by Crippen LogP contribution is 2.35. The predicted molar refractivity (Wildman–Crippen MR) is 104 cm³/mol. The molecule has 0 bridgehead atoms. The van der Waals surface area contributed by atoms with Crippen molar-refractivity contribution < 1.29 is 9.47 Å². The third-order valence-corrected chi connectivity index (χ3v) is 4.31. The number of fused-ring (bicyclic) bond motifs is 1. The Morgan fingerprint density at radius 2 is 1.59 bits per heavy atom. The Labute approximate surface area is 156 Å². The van der Waals surface area contributed by atoms with Crippen LogP contribution in [0, 0.1) is 13.8 Å². The number of aryl methyl sites for hydroxylation is 2. The average Bonchev–Trinajstić information content (AvgIpc) is 2.68. The summed E-state index contributed by atoms with van der Waals surface area (Å²) in [6.07, 6.45) is 3.08. The number of nitrogens with zero attached hydrogens (tertiary/aromatic N) is 3. The van der Waals surface area contributed by atoms with E-state index in [0.29, 0.717) is 11.5 Å². The first-order chi connectivity index (χ1) is 13.1. The fraction of sp³-hybridized carbons (Fsp3) is 0.0952. The van der Waals surface area contributed by atoms with Crippen LogP contribution >= 0.6 is 0 Å². The van der Waals surface area contributed by atoms with Crippen molar-refractivity contribution in [1.82, 2.24) is 15.0 Å². The first-order valence-corrected chi connectivity index (χ1v) is 8.49. The van der Waals surface area contributed by atoms with Crippen molar-refractivity contribution in [3.05, 3.63) is 72.2 Å². The molecule has 6 nitrogen and oxygen atoms in total. The summed E-state index contributed by atoms with van der Waals surface area (Å²) in [4.78, 5) is 12.7. The van der Waals surface area contributed by atoms with Gasteiger partial charge in [-0.25, -0.2) is 0 Å². The van der Waals surface area contributed by atoms with Gasteiger partial charge in [0.2, 0.25) is 11.8 Å². The third kappa shape index (κ3) is 3.37. The molecule has 2 aromatic carbocycles. The van der Waals surface area contributed by atoms with Crippen LogP contribution in [-0.4, -0.2) is 15.0 Å². The van der Waals surface area contributed by atoms with E-state index in [1.165, 1.54) is 11.9 Å². The lowest BCUT2D eigenvalue weighted by molar-refractivity contribution is 0.440. The molecule has 0 unspecified atom stereocenters. The van der Waals surface area contributed by atoms with E-state index in [0.717, 1.165) is 16.5 Å². The topological polar surface area (TPSA) is 83.2 Å². The second-order valence-corrected chi connectivity index (χ2v) is 6.18. The van der Waals surface area contributed by atoms with E-state index < -0.39 is 0 Å². The number of ether oxygens (including phenoxy) is 2. The van der Waals surface area contributed by atoms with Gasteiger partial charge in [-0.05, 0) is 49.2 Å². The summed E-state index contributed by atoms with van der Waals surface area (Å²) >= 11 is 0. The van der Waals surface area contributed by atoms with E-state index in [1.807, 2.05) is 62.4 Å². The number of para-hydroxylation sites is 1. The van der Waals surface area contributed by atoms with E-state index in [1.54, 1.807) is 6.20 Å². The minimum atomic E-state index is 0.224. The molecular weight excluding hydrogens is 340 g/mol. The van der Waals surface area contributed by atoms with Gasteiger partial charge < -0.3 is 15.2 Å². The Morgan fingerprint density at radius 3 is 2.41 bits per heavy atom. The number of nitrogens with two attached hydrogens (primary N) is 1. The first kappa shape index (κ1) is 16.8. The van der Waals surface area contributed by atoms with Crippen LogP contribution < -0.4 is 15.2 Å². The fourth-order valence-electron chi connectivity index (χ4n) is 2.68. The average molecular weight is 358 g/mol. The molecule has 0 saturated heterocycles. The zero-order valence-corrected chi connectivity index (χ0v) is 15.0. The molecule has 134 valence electrons. The van der Waals surface area contributed by atoms with Gasteiger partial charge >= 0.3 is 0 Å². The quantitative estimate of drug-likeness (QED) is 0.564. The molecule has 0 aliphatic rings.